The summed E-state index contributed by atoms with van der Waals surface area (Å²) in [5.41, 5.74) is 0. The lowest BCUT2D eigenvalue weighted by Crippen LogP contribution is -2.70. The van der Waals surface area contributed by atoms with Crippen molar-refractivity contribution in [2.24, 2.45) is 0 Å². The number of carbonyl (C=O) groups is 3. The largest absolute Gasteiger partial charge is 0.394 e. The molecule has 5 fully saturated rings. The van der Waals surface area contributed by atoms with Gasteiger partial charge in [-0.3, -0.25) is 14.4 Å². The maximum atomic E-state index is 13.5. The fourth-order valence-electron chi connectivity index (χ4n) is 14.7. The number of aliphatic hydroxyl groups is 15. The molecule has 10 unspecified atom stereocenters. The maximum absolute atomic E-state index is 13.5. The molecule has 31 nitrogen and oxygen atoms in total. The first kappa shape index (κ1) is 94.7. The van der Waals surface area contributed by atoms with Crippen LogP contribution in [0, 0.1) is 0 Å². The highest BCUT2D eigenvalue weighted by Crippen LogP contribution is 2.37. The summed E-state index contributed by atoms with van der Waals surface area (Å²) in [6.07, 6.45) is -0.891. The molecular formula is C76H139N3O28. The van der Waals surface area contributed by atoms with Gasteiger partial charge in [-0.25, -0.2) is 0 Å². The number of nitrogens with one attached hydrogen (secondary N) is 3. The van der Waals surface area contributed by atoms with Crippen LogP contribution in [-0.2, 0) is 61.8 Å². The number of rotatable bonds is 55. The van der Waals surface area contributed by atoms with Gasteiger partial charge < -0.3 is 140 Å². The van der Waals surface area contributed by atoms with Crippen LogP contribution in [0.5, 0.6) is 0 Å². The molecule has 0 spiro atoms. The minimum absolute atomic E-state index is 0.195. The SMILES string of the molecule is CCCCCCCCCCCCC/C=C/[C@@H](O)[C@H](CO[C@@H]1OC(CO)[C@@H](O[C@@H]2OC(CO)[C@H](O[C@@H]3OC(CO)[C@H](O)[C@H](O[C@@H]4OC(CO)[C@H](O)[C@H](O[C@@H]5OC(CO)[C@H](O)[C@H](O)C5NC(C)=O)C4O)C3NC(C)=O)[C@H](O)C2O)[C@H](O)C1O)NC(=O)CCCCCCCCCCCCCCCCCCCCCCC. The van der Waals surface area contributed by atoms with Crippen molar-refractivity contribution in [1.29, 1.82) is 0 Å². The molecule has 0 aliphatic carbocycles. The predicted molar refractivity (Wildman–Crippen MR) is 389 cm³/mol. The Morgan fingerprint density at radius 1 is 0.364 bits per heavy atom. The van der Waals surface area contributed by atoms with E-state index >= 15 is 0 Å². The van der Waals surface area contributed by atoms with Gasteiger partial charge in [-0.05, 0) is 19.3 Å². The van der Waals surface area contributed by atoms with Gasteiger partial charge in [0.2, 0.25) is 17.7 Å². The molecular weight excluding hydrogens is 1400 g/mol. The first-order chi connectivity index (χ1) is 51.6. The second-order valence-electron chi connectivity index (χ2n) is 30.0. The van der Waals surface area contributed by atoms with E-state index in [1.54, 1.807) is 6.08 Å². The van der Waals surface area contributed by atoms with Crippen molar-refractivity contribution in [2.45, 2.75) is 412 Å². The van der Waals surface area contributed by atoms with E-state index in [1.807, 2.05) is 6.08 Å². The lowest BCUT2D eigenvalue weighted by Gasteiger charge is -2.50. The molecule has 626 valence electrons. The first-order valence-electron chi connectivity index (χ1n) is 40.5. The highest BCUT2D eigenvalue weighted by Gasteiger charge is 2.57. The average molecular weight is 1540 g/mol. The third-order valence-electron chi connectivity index (χ3n) is 21.1. The zero-order valence-corrected chi connectivity index (χ0v) is 64.0. The van der Waals surface area contributed by atoms with Crippen LogP contribution in [-0.4, -0.2) is 300 Å². The Bertz CT molecular complexity index is 2380. The average Bonchev–Trinajstić information content (AvgIpc) is 0.765. The Morgan fingerprint density at radius 2 is 0.701 bits per heavy atom. The van der Waals surface area contributed by atoms with Gasteiger partial charge in [0.05, 0.1) is 51.8 Å². The molecule has 3 amide bonds. The van der Waals surface area contributed by atoms with Gasteiger partial charge in [0.1, 0.15) is 122 Å². The normalized spacial score (nSPS) is 34.0. The summed E-state index contributed by atoms with van der Waals surface area (Å²) in [6, 6.07) is -4.37. The summed E-state index contributed by atoms with van der Waals surface area (Å²) in [7, 11) is 0. The van der Waals surface area contributed by atoms with Crippen LogP contribution in [0.1, 0.15) is 246 Å². The molecule has 107 heavy (non-hydrogen) atoms. The van der Waals surface area contributed by atoms with Gasteiger partial charge in [0.25, 0.3) is 0 Å². The minimum Gasteiger partial charge on any atom is -0.394 e. The fourth-order valence-corrected chi connectivity index (χ4v) is 14.7. The first-order valence-corrected chi connectivity index (χ1v) is 40.5. The number of aliphatic hydroxyl groups excluding tert-OH is 15. The minimum atomic E-state index is -2.17. The molecule has 31 heteroatoms. The molecule has 5 heterocycles. The van der Waals surface area contributed by atoms with Crippen molar-refractivity contribution >= 4 is 17.7 Å². The summed E-state index contributed by atoms with van der Waals surface area (Å²) in [6.45, 7) is 1.41. The van der Waals surface area contributed by atoms with Crippen molar-refractivity contribution in [3.63, 3.8) is 0 Å². The van der Waals surface area contributed by atoms with Gasteiger partial charge >= 0.3 is 0 Å². The molecule has 27 atom stereocenters. The number of ether oxygens (including phenoxy) is 10. The molecule has 5 saturated heterocycles. The molecule has 0 radical (unpaired) electrons. The zero-order chi connectivity index (χ0) is 78.2. The number of unbranched alkanes of at least 4 members (excludes halogenated alkanes) is 31. The van der Waals surface area contributed by atoms with Gasteiger partial charge in [0, 0.05) is 20.3 Å². The van der Waals surface area contributed by atoms with E-state index in [9.17, 15) is 91.0 Å². The van der Waals surface area contributed by atoms with Crippen LogP contribution in [0.3, 0.4) is 0 Å². The lowest BCUT2D eigenvalue weighted by molar-refractivity contribution is -0.383. The van der Waals surface area contributed by atoms with Crippen LogP contribution >= 0.6 is 0 Å². The van der Waals surface area contributed by atoms with Crippen LogP contribution in [0.15, 0.2) is 12.2 Å². The van der Waals surface area contributed by atoms with Crippen LogP contribution in [0.25, 0.3) is 0 Å². The van der Waals surface area contributed by atoms with Crippen molar-refractivity contribution in [2.75, 3.05) is 39.6 Å². The highest BCUT2D eigenvalue weighted by atomic mass is 16.8. The van der Waals surface area contributed by atoms with E-state index in [-0.39, 0.29) is 12.3 Å². The molecule has 0 bridgehead atoms. The molecule has 0 saturated carbocycles. The van der Waals surface area contributed by atoms with Crippen molar-refractivity contribution in [3.8, 4) is 0 Å². The lowest BCUT2D eigenvalue weighted by atomic mass is 9.94. The number of hydrogen-bond acceptors (Lipinski definition) is 28. The number of amides is 3. The molecule has 18 N–H and O–H groups in total. The van der Waals surface area contributed by atoms with E-state index in [4.69, 9.17) is 47.4 Å². The number of carbonyl (C=O) groups excluding carboxylic acids is 3. The second-order valence-corrected chi connectivity index (χ2v) is 30.0. The van der Waals surface area contributed by atoms with Crippen LogP contribution in [0.4, 0.5) is 0 Å². The van der Waals surface area contributed by atoms with Crippen molar-refractivity contribution in [1.82, 2.24) is 16.0 Å². The van der Waals surface area contributed by atoms with E-state index in [0.29, 0.717) is 12.8 Å². The molecule has 0 aromatic heterocycles. The van der Waals surface area contributed by atoms with Gasteiger partial charge in [0.15, 0.2) is 31.5 Å². The maximum Gasteiger partial charge on any atom is 0.220 e. The smallest absolute Gasteiger partial charge is 0.220 e. The van der Waals surface area contributed by atoms with Gasteiger partial charge in [-0.15, -0.1) is 0 Å². The highest BCUT2D eigenvalue weighted by molar-refractivity contribution is 5.76. The van der Waals surface area contributed by atoms with E-state index in [0.717, 1.165) is 58.8 Å². The molecule has 5 aliphatic rings. The number of hydrogen-bond donors (Lipinski definition) is 18. The Labute approximate surface area is 633 Å². The predicted octanol–water partition coefficient (Wildman–Crippen LogP) is 2.09. The molecule has 0 aromatic rings. The monoisotopic (exact) mass is 1540 g/mol. The summed E-state index contributed by atoms with van der Waals surface area (Å²) < 4.78 is 59.2. The molecule has 5 rings (SSSR count). The molecule has 5 aliphatic heterocycles. The third-order valence-corrected chi connectivity index (χ3v) is 21.1. The Morgan fingerprint density at radius 3 is 1.15 bits per heavy atom. The summed E-state index contributed by atoms with van der Waals surface area (Å²) in [5, 5.41) is 174. The Hall–Kier alpha value is -2.85. The van der Waals surface area contributed by atoms with Crippen molar-refractivity contribution < 1.29 is 138 Å². The van der Waals surface area contributed by atoms with Gasteiger partial charge in [-0.2, -0.15) is 0 Å². The van der Waals surface area contributed by atoms with Gasteiger partial charge in [-0.1, -0.05) is 219 Å². The topological polar surface area (TPSA) is 483 Å². The summed E-state index contributed by atoms with van der Waals surface area (Å²) in [5.74, 6) is -1.89. The standard InChI is InChI=1S/C76H139N3O28/c1-5-7-9-11-13-15-17-19-20-21-22-23-24-25-26-28-30-32-34-36-38-40-56(88)79-49(50(87)39-37-35-33-31-29-27-18-16-14-12-10-8-6-2)46-98-74-65(95)63(93)69(54(44-83)102-74)105-75-66(96)64(94)68(55(45-84)103-75)104-73-58(78-48(4)86)70(60(90)52(42-81)100-73)106-76-67(97)71(61(91)53(43-82)101-76)107-72-57(77-47(3)85)62(92)59(89)51(41-80)99-72/h37,39,49-55,57-76,80-84,87,89-97H,5-36,38,40-46H2,1-4H3,(H,77,85)(H,78,86)(H,79,88)/b39-37+/t49-,50+,51?,52?,53?,54?,55?,57?,58?,59-,60-,61-,62+,63+,64+,65?,66?,67?,68-,69+,70+,71-,72-,73-,74+,75-,76-/m0/s1. The second kappa shape index (κ2) is 53.3. The van der Waals surface area contributed by atoms with E-state index in [2.05, 4.69) is 29.8 Å². The Balaban J connectivity index is 1.17. The Kier molecular flexibility index (Phi) is 47.2. The molecule has 0 aromatic carbocycles. The van der Waals surface area contributed by atoms with Crippen LogP contribution in [0.2, 0.25) is 0 Å². The third kappa shape index (κ3) is 31.8. The fraction of sp³-hybridized carbons (Fsp3) is 0.934. The summed E-state index contributed by atoms with van der Waals surface area (Å²) >= 11 is 0. The van der Waals surface area contributed by atoms with E-state index in [1.165, 1.54) is 154 Å². The zero-order valence-electron chi connectivity index (χ0n) is 64.0. The quantitative estimate of drug-likeness (QED) is 0.0306. The van der Waals surface area contributed by atoms with Crippen LogP contribution < -0.4 is 16.0 Å². The number of allylic oxidation sites excluding steroid dienone is 1. The summed E-state index contributed by atoms with van der Waals surface area (Å²) in [4.78, 5) is 38.7. The van der Waals surface area contributed by atoms with Crippen molar-refractivity contribution in [3.05, 3.63) is 12.2 Å². The van der Waals surface area contributed by atoms with E-state index < -0.39 is 217 Å².